The highest BCUT2D eigenvalue weighted by Crippen LogP contribution is 2.16. The molecule has 0 radical (unpaired) electrons. The van der Waals surface area contributed by atoms with E-state index >= 15 is 0 Å². The van der Waals surface area contributed by atoms with Gasteiger partial charge in [0.2, 0.25) is 0 Å². The van der Waals surface area contributed by atoms with E-state index in [2.05, 4.69) is 5.32 Å². The number of carbonyl (C=O) groups excluding carboxylic acids is 1. The molecule has 0 aliphatic carbocycles. The highest BCUT2D eigenvalue weighted by Gasteiger charge is 2.13. The fourth-order valence-corrected chi connectivity index (χ4v) is 1.60. The van der Waals surface area contributed by atoms with Crippen LogP contribution in [0.25, 0.3) is 0 Å². The molecule has 0 aliphatic rings. The number of nitrogens with two attached hydrogens (primary N) is 1. The summed E-state index contributed by atoms with van der Waals surface area (Å²) in [7, 11) is -2.35. The molecule has 0 heterocycles. The molecular formula is C8H11N3O4S. The van der Waals surface area contributed by atoms with Gasteiger partial charge >= 0.3 is 6.09 Å². The second-order valence-electron chi connectivity index (χ2n) is 2.74. The summed E-state index contributed by atoms with van der Waals surface area (Å²) >= 11 is 0. The number of sulfonamides is 1. The molecular weight excluding hydrogens is 234 g/mol. The van der Waals surface area contributed by atoms with Gasteiger partial charge < -0.3 is 10.1 Å². The Morgan fingerprint density at radius 2 is 2.12 bits per heavy atom. The second-order valence-corrected chi connectivity index (χ2v) is 4.45. The first-order valence-electron chi connectivity index (χ1n) is 4.21. The van der Waals surface area contributed by atoms with Crippen molar-refractivity contribution in [2.45, 2.75) is 4.90 Å². The highest BCUT2D eigenvalue weighted by molar-refractivity contribution is 7.89. The van der Waals surface area contributed by atoms with Gasteiger partial charge in [-0.3, -0.25) is 5.84 Å². The van der Waals surface area contributed by atoms with Gasteiger partial charge in [0.05, 0.1) is 4.90 Å². The minimum atomic E-state index is -3.75. The van der Waals surface area contributed by atoms with Gasteiger partial charge in [-0.15, -0.1) is 0 Å². The number of hydrogen-bond acceptors (Lipinski definition) is 5. The maximum Gasteiger partial charge on any atom is 0.412 e. The Kier molecular flexibility index (Phi) is 3.82. The Balaban J connectivity index is 3.00. The van der Waals surface area contributed by atoms with Crippen molar-refractivity contribution in [1.29, 1.82) is 0 Å². The van der Waals surface area contributed by atoms with Crippen LogP contribution in [0.3, 0.4) is 0 Å². The van der Waals surface area contributed by atoms with Crippen LogP contribution in [0.2, 0.25) is 0 Å². The zero-order valence-electron chi connectivity index (χ0n) is 8.43. The molecule has 8 heteroatoms. The predicted octanol–water partition coefficient (Wildman–Crippen LogP) is -0.443. The van der Waals surface area contributed by atoms with E-state index in [4.69, 9.17) is 10.6 Å². The molecule has 1 aromatic carbocycles. The second kappa shape index (κ2) is 4.92. The normalized spacial score (nSPS) is 10.9. The lowest BCUT2D eigenvalue weighted by Crippen LogP contribution is -2.30. The van der Waals surface area contributed by atoms with Crippen molar-refractivity contribution in [2.75, 3.05) is 7.05 Å². The first-order chi connectivity index (χ1) is 7.49. The van der Waals surface area contributed by atoms with Gasteiger partial charge in [-0.2, -0.15) is 4.83 Å². The maximum atomic E-state index is 11.3. The Labute approximate surface area is 92.6 Å². The molecule has 0 aromatic heterocycles. The zero-order chi connectivity index (χ0) is 12.2. The van der Waals surface area contributed by atoms with Crippen molar-refractivity contribution in [2.24, 2.45) is 5.84 Å². The first kappa shape index (κ1) is 12.4. The standard InChI is InChI=1S/C8H11N3O4S/c1-10-8(12)15-6-3-2-4-7(5-6)16(13,14)11-9/h2-5,11H,9H2,1H3,(H,10,12). The van der Waals surface area contributed by atoms with E-state index in [1.165, 1.54) is 31.3 Å². The van der Waals surface area contributed by atoms with Crippen LogP contribution in [0.4, 0.5) is 4.79 Å². The van der Waals surface area contributed by atoms with Crippen LogP contribution >= 0.6 is 0 Å². The van der Waals surface area contributed by atoms with Gasteiger partial charge in [-0.25, -0.2) is 13.2 Å². The van der Waals surface area contributed by atoms with E-state index < -0.39 is 16.1 Å². The molecule has 0 aliphatic heterocycles. The zero-order valence-corrected chi connectivity index (χ0v) is 9.24. The van der Waals surface area contributed by atoms with E-state index in [1.54, 1.807) is 4.83 Å². The molecule has 4 N–H and O–H groups in total. The summed E-state index contributed by atoms with van der Waals surface area (Å²) in [5, 5.41) is 2.23. The van der Waals surface area contributed by atoms with Crippen molar-refractivity contribution < 1.29 is 17.9 Å². The summed E-state index contributed by atoms with van der Waals surface area (Å²) < 4.78 is 27.4. The number of nitrogens with one attached hydrogen (secondary N) is 2. The smallest absolute Gasteiger partial charge is 0.410 e. The highest BCUT2D eigenvalue weighted by atomic mass is 32.2. The SMILES string of the molecule is CNC(=O)Oc1cccc(S(=O)(=O)NN)c1. The lowest BCUT2D eigenvalue weighted by atomic mass is 10.3. The molecule has 16 heavy (non-hydrogen) atoms. The van der Waals surface area contributed by atoms with Crippen LogP contribution < -0.4 is 20.7 Å². The quantitative estimate of drug-likeness (QED) is 0.493. The molecule has 1 amide bonds. The van der Waals surface area contributed by atoms with Gasteiger partial charge in [0, 0.05) is 13.1 Å². The molecule has 1 rings (SSSR count). The van der Waals surface area contributed by atoms with Gasteiger partial charge in [0.1, 0.15) is 5.75 Å². The fraction of sp³-hybridized carbons (Fsp3) is 0.125. The number of amides is 1. The molecule has 0 unspecified atom stereocenters. The van der Waals surface area contributed by atoms with Gasteiger partial charge in [0.25, 0.3) is 10.0 Å². The van der Waals surface area contributed by atoms with Crippen LogP contribution in [0.15, 0.2) is 29.2 Å². The van der Waals surface area contributed by atoms with E-state index in [-0.39, 0.29) is 10.6 Å². The fourth-order valence-electron chi connectivity index (χ4n) is 0.931. The van der Waals surface area contributed by atoms with Crippen molar-refractivity contribution in [3.05, 3.63) is 24.3 Å². The summed E-state index contributed by atoms with van der Waals surface area (Å²) in [4.78, 5) is 12.5. The van der Waals surface area contributed by atoms with E-state index in [0.29, 0.717) is 0 Å². The first-order valence-corrected chi connectivity index (χ1v) is 5.70. The topological polar surface area (TPSA) is 111 Å². The lowest BCUT2D eigenvalue weighted by Gasteiger charge is -2.05. The molecule has 0 fully saturated rings. The van der Waals surface area contributed by atoms with Crippen LogP contribution in [0.1, 0.15) is 0 Å². The Morgan fingerprint density at radius 3 is 2.69 bits per heavy atom. The van der Waals surface area contributed by atoms with Crippen molar-refractivity contribution in [3.63, 3.8) is 0 Å². The van der Waals surface area contributed by atoms with Gasteiger partial charge in [-0.1, -0.05) is 6.07 Å². The number of benzene rings is 1. The van der Waals surface area contributed by atoms with Crippen LogP contribution in [0, 0.1) is 0 Å². The molecule has 0 spiro atoms. The van der Waals surface area contributed by atoms with Crippen molar-refractivity contribution >= 4 is 16.1 Å². The Morgan fingerprint density at radius 1 is 1.44 bits per heavy atom. The minimum Gasteiger partial charge on any atom is -0.410 e. The summed E-state index contributed by atoms with van der Waals surface area (Å²) in [6, 6.07) is 5.39. The van der Waals surface area contributed by atoms with Gasteiger partial charge in [-0.05, 0) is 12.1 Å². The number of ether oxygens (including phenoxy) is 1. The van der Waals surface area contributed by atoms with Crippen molar-refractivity contribution in [3.8, 4) is 5.75 Å². The number of carbonyl (C=O) groups is 1. The van der Waals surface area contributed by atoms with E-state index in [0.717, 1.165) is 0 Å². The van der Waals surface area contributed by atoms with Crippen LogP contribution in [-0.4, -0.2) is 21.6 Å². The van der Waals surface area contributed by atoms with Crippen LogP contribution in [-0.2, 0) is 10.0 Å². The van der Waals surface area contributed by atoms with Crippen molar-refractivity contribution in [1.82, 2.24) is 10.1 Å². The third-order valence-electron chi connectivity index (χ3n) is 1.69. The minimum absolute atomic E-state index is 0.0867. The van der Waals surface area contributed by atoms with Gasteiger partial charge in [0.15, 0.2) is 0 Å². The molecule has 0 bridgehead atoms. The third-order valence-corrected chi connectivity index (χ3v) is 2.87. The average Bonchev–Trinajstić information content (AvgIpc) is 2.29. The molecule has 0 saturated carbocycles. The summed E-state index contributed by atoms with van der Waals surface area (Å²) in [6.45, 7) is 0. The molecule has 7 nitrogen and oxygen atoms in total. The molecule has 0 saturated heterocycles. The van der Waals surface area contributed by atoms with E-state index in [9.17, 15) is 13.2 Å². The molecule has 1 aromatic rings. The molecule has 88 valence electrons. The predicted molar refractivity (Wildman–Crippen MR) is 56.0 cm³/mol. The number of hydrazine groups is 1. The third kappa shape index (κ3) is 2.92. The monoisotopic (exact) mass is 245 g/mol. The molecule has 0 atom stereocenters. The number of rotatable bonds is 3. The van der Waals surface area contributed by atoms with E-state index in [1.807, 2.05) is 0 Å². The maximum absolute atomic E-state index is 11.3. The average molecular weight is 245 g/mol. The Bertz CT molecular complexity index is 486. The summed E-state index contributed by atoms with van der Waals surface area (Å²) in [5.41, 5.74) is 0. The lowest BCUT2D eigenvalue weighted by molar-refractivity contribution is 0.203. The largest absolute Gasteiger partial charge is 0.412 e. The number of hydrogen-bond donors (Lipinski definition) is 3. The Hall–Kier alpha value is -1.64. The summed E-state index contributed by atoms with van der Waals surface area (Å²) in [5.74, 6) is 4.96. The summed E-state index contributed by atoms with van der Waals surface area (Å²) in [6.07, 6.45) is -0.685. The van der Waals surface area contributed by atoms with Crippen LogP contribution in [0.5, 0.6) is 5.75 Å².